The van der Waals surface area contributed by atoms with E-state index in [1.807, 2.05) is 32.0 Å². The second-order valence-electron chi connectivity index (χ2n) is 9.91. The SMILES string of the molecule is COc1cccc(-c2nc3cc(OC)c(OCCCN4CCCCC4)cc3c(=O)n2CC(=O)NC(C)C)c1. The van der Waals surface area contributed by atoms with Crippen molar-refractivity contribution in [2.45, 2.75) is 52.1 Å². The van der Waals surface area contributed by atoms with Crippen molar-refractivity contribution in [3.63, 3.8) is 0 Å². The van der Waals surface area contributed by atoms with Gasteiger partial charge in [0.1, 0.15) is 18.1 Å². The molecule has 0 radical (unpaired) electrons. The summed E-state index contributed by atoms with van der Waals surface area (Å²) >= 11 is 0. The largest absolute Gasteiger partial charge is 0.497 e. The number of nitrogens with one attached hydrogen (secondary N) is 1. The lowest BCUT2D eigenvalue weighted by Gasteiger charge is -2.26. The van der Waals surface area contributed by atoms with Crippen molar-refractivity contribution in [3.05, 3.63) is 46.8 Å². The fourth-order valence-electron chi connectivity index (χ4n) is 4.80. The predicted octanol–water partition coefficient (Wildman–Crippen LogP) is 3.86. The lowest BCUT2D eigenvalue weighted by molar-refractivity contribution is -0.122. The van der Waals surface area contributed by atoms with E-state index in [0.717, 1.165) is 26.1 Å². The molecule has 0 atom stereocenters. The standard InChI is InChI=1S/C29H38N4O5/c1-20(2)30-27(34)19-33-28(21-10-8-11-22(16-21)36-3)31-24-18-25(37-4)26(17-23(24)29(33)35)38-15-9-14-32-12-6-5-7-13-32/h8,10-11,16-18,20H,5-7,9,12-15,19H2,1-4H3,(H,30,34). The van der Waals surface area contributed by atoms with Crippen molar-refractivity contribution in [2.24, 2.45) is 0 Å². The third kappa shape index (κ3) is 6.64. The van der Waals surface area contributed by atoms with Gasteiger partial charge in [0.15, 0.2) is 11.5 Å². The smallest absolute Gasteiger partial charge is 0.262 e. The van der Waals surface area contributed by atoms with Gasteiger partial charge in [-0.1, -0.05) is 18.6 Å². The minimum atomic E-state index is -0.326. The van der Waals surface area contributed by atoms with Crippen molar-refractivity contribution in [1.29, 1.82) is 0 Å². The van der Waals surface area contributed by atoms with Crippen LogP contribution in [0.5, 0.6) is 17.2 Å². The molecule has 9 heteroatoms. The molecule has 0 bridgehead atoms. The second kappa shape index (κ2) is 12.8. The number of aromatic nitrogens is 2. The van der Waals surface area contributed by atoms with Crippen LogP contribution < -0.4 is 25.1 Å². The molecule has 204 valence electrons. The summed E-state index contributed by atoms with van der Waals surface area (Å²) in [6.45, 7) is 7.38. The number of hydrogen-bond donors (Lipinski definition) is 1. The maximum Gasteiger partial charge on any atom is 0.262 e. The first-order valence-corrected chi connectivity index (χ1v) is 13.3. The number of carbonyl (C=O) groups excluding carboxylic acids is 1. The Bertz CT molecular complexity index is 1310. The third-order valence-electron chi connectivity index (χ3n) is 6.64. The first-order chi connectivity index (χ1) is 18.4. The number of fused-ring (bicyclic) bond motifs is 1. The Hall–Kier alpha value is -3.59. The van der Waals surface area contributed by atoms with Crippen LogP contribution in [0.3, 0.4) is 0 Å². The molecule has 1 fully saturated rings. The summed E-state index contributed by atoms with van der Waals surface area (Å²) in [6.07, 6.45) is 4.70. The third-order valence-corrected chi connectivity index (χ3v) is 6.64. The Kier molecular flexibility index (Phi) is 9.23. The minimum Gasteiger partial charge on any atom is -0.497 e. The maximum absolute atomic E-state index is 13.8. The van der Waals surface area contributed by atoms with Gasteiger partial charge in [0, 0.05) is 24.2 Å². The first-order valence-electron chi connectivity index (χ1n) is 13.3. The van der Waals surface area contributed by atoms with Gasteiger partial charge in [0.2, 0.25) is 5.91 Å². The predicted molar refractivity (Wildman–Crippen MR) is 148 cm³/mol. The highest BCUT2D eigenvalue weighted by Crippen LogP contribution is 2.32. The van der Waals surface area contributed by atoms with E-state index < -0.39 is 0 Å². The van der Waals surface area contributed by atoms with Gasteiger partial charge in [-0.25, -0.2) is 4.98 Å². The highest BCUT2D eigenvalue weighted by molar-refractivity contribution is 5.85. The number of ether oxygens (including phenoxy) is 3. The van der Waals surface area contributed by atoms with E-state index in [-0.39, 0.29) is 24.1 Å². The summed E-state index contributed by atoms with van der Waals surface area (Å²) in [7, 11) is 3.15. The molecule has 9 nitrogen and oxygen atoms in total. The monoisotopic (exact) mass is 522 g/mol. The van der Waals surface area contributed by atoms with Gasteiger partial charge in [0.25, 0.3) is 5.56 Å². The van der Waals surface area contributed by atoms with Gasteiger partial charge >= 0.3 is 0 Å². The molecular formula is C29H38N4O5. The Balaban J connectivity index is 1.69. The number of benzene rings is 2. The molecular weight excluding hydrogens is 484 g/mol. The van der Waals surface area contributed by atoms with Gasteiger partial charge in [-0.3, -0.25) is 14.2 Å². The molecule has 2 aromatic carbocycles. The van der Waals surface area contributed by atoms with E-state index in [2.05, 4.69) is 10.2 Å². The van der Waals surface area contributed by atoms with Crippen LogP contribution in [-0.4, -0.2) is 66.9 Å². The van der Waals surface area contributed by atoms with Crippen LogP contribution in [0, 0.1) is 0 Å². The molecule has 0 saturated carbocycles. The summed E-state index contributed by atoms with van der Waals surface area (Å²) < 4.78 is 18.4. The Morgan fingerprint density at radius 2 is 1.84 bits per heavy atom. The fraction of sp³-hybridized carbons (Fsp3) is 0.483. The summed E-state index contributed by atoms with van der Waals surface area (Å²) in [6, 6.07) is 10.6. The summed E-state index contributed by atoms with van der Waals surface area (Å²) in [5, 5.41) is 3.22. The Morgan fingerprint density at radius 3 is 2.55 bits per heavy atom. The van der Waals surface area contributed by atoms with E-state index in [4.69, 9.17) is 19.2 Å². The van der Waals surface area contributed by atoms with Gasteiger partial charge in [-0.05, 0) is 64.4 Å². The average Bonchev–Trinajstić information content (AvgIpc) is 2.92. The summed E-state index contributed by atoms with van der Waals surface area (Å²) in [5.74, 6) is 1.73. The van der Waals surface area contributed by atoms with Crippen LogP contribution in [0.15, 0.2) is 41.2 Å². The lowest BCUT2D eigenvalue weighted by Crippen LogP contribution is -2.37. The minimum absolute atomic E-state index is 0.0545. The number of carbonyl (C=O) groups is 1. The average molecular weight is 523 g/mol. The van der Waals surface area contributed by atoms with Crippen molar-refractivity contribution < 1.29 is 19.0 Å². The zero-order valence-electron chi connectivity index (χ0n) is 22.8. The van der Waals surface area contributed by atoms with Crippen molar-refractivity contribution in [3.8, 4) is 28.6 Å². The van der Waals surface area contributed by atoms with Gasteiger partial charge in [-0.2, -0.15) is 0 Å². The van der Waals surface area contributed by atoms with E-state index in [0.29, 0.717) is 46.1 Å². The molecule has 1 aromatic heterocycles. The molecule has 4 rings (SSSR count). The van der Waals surface area contributed by atoms with Crippen LogP contribution in [0.25, 0.3) is 22.3 Å². The van der Waals surface area contributed by atoms with Gasteiger partial charge < -0.3 is 24.4 Å². The highest BCUT2D eigenvalue weighted by Gasteiger charge is 2.19. The molecule has 1 aliphatic heterocycles. The summed E-state index contributed by atoms with van der Waals surface area (Å²) in [4.78, 5) is 33.8. The molecule has 0 aliphatic carbocycles. The van der Waals surface area contributed by atoms with Crippen LogP contribution in [0.4, 0.5) is 0 Å². The molecule has 1 aliphatic rings. The Labute approximate surface area is 223 Å². The molecule has 1 amide bonds. The Morgan fingerprint density at radius 1 is 1.05 bits per heavy atom. The molecule has 0 spiro atoms. The fourth-order valence-corrected chi connectivity index (χ4v) is 4.80. The molecule has 38 heavy (non-hydrogen) atoms. The van der Waals surface area contributed by atoms with Crippen LogP contribution in [-0.2, 0) is 11.3 Å². The number of rotatable bonds is 11. The number of nitrogens with zero attached hydrogens (tertiary/aromatic N) is 3. The van der Waals surface area contributed by atoms with Gasteiger partial charge in [-0.15, -0.1) is 0 Å². The summed E-state index contributed by atoms with van der Waals surface area (Å²) in [5.41, 5.74) is 0.802. The van der Waals surface area contributed by atoms with Crippen molar-refractivity contribution >= 4 is 16.8 Å². The van der Waals surface area contributed by atoms with Crippen LogP contribution >= 0.6 is 0 Å². The quantitative estimate of drug-likeness (QED) is 0.382. The normalized spacial score (nSPS) is 14.0. The molecule has 3 aromatic rings. The van der Waals surface area contributed by atoms with Gasteiger partial charge in [0.05, 0.1) is 31.7 Å². The topological polar surface area (TPSA) is 94.9 Å². The van der Waals surface area contributed by atoms with E-state index in [1.165, 1.54) is 23.8 Å². The molecule has 2 heterocycles. The number of likely N-dealkylation sites (tertiary alicyclic amines) is 1. The highest BCUT2D eigenvalue weighted by atomic mass is 16.5. The van der Waals surface area contributed by atoms with Crippen molar-refractivity contribution in [2.75, 3.05) is 40.5 Å². The van der Waals surface area contributed by atoms with E-state index in [1.54, 1.807) is 32.4 Å². The number of hydrogen-bond acceptors (Lipinski definition) is 7. The zero-order valence-corrected chi connectivity index (χ0v) is 22.8. The van der Waals surface area contributed by atoms with E-state index in [9.17, 15) is 9.59 Å². The molecule has 0 unspecified atom stereocenters. The maximum atomic E-state index is 13.8. The first kappa shape index (κ1) is 27.4. The van der Waals surface area contributed by atoms with Crippen LogP contribution in [0.2, 0.25) is 0 Å². The second-order valence-corrected chi connectivity index (χ2v) is 9.91. The number of methoxy groups -OCH3 is 2. The molecule has 1 saturated heterocycles. The lowest BCUT2D eigenvalue weighted by atomic mass is 10.1. The van der Waals surface area contributed by atoms with Crippen LogP contribution in [0.1, 0.15) is 39.5 Å². The molecule has 1 N–H and O–H groups in total. The number of piperidine rings is 1. The number of amides is 1. The van der Waals surface area contributed by atoms with E-state index >= 15 is 0 Å². The zero-order chi connectivity index (χ0) is 27.1. The van der Waals surface area contributed by atoms with Crippen molar-refractivity contribution in [1.82, 2.24) is 19.8 Å².